The fraction of sp³-hybridized carbons (Fsp3) is 0.316. The van der Waals surface area contributed by atoms with Gasteiger partial charge in [-0.05, 0) is 36.2 Å². The molecule has 1 atom stereocenters. The number of carbonyl (C=O) groups is 1. The normalized spacial score (nSPS) is 17.6. The monoisotopic (exact) mass is 328 g/mol. The van der Waals surface area contributed by atoms with Gasteiger partial charge in [-0.2, -0.15) is 0 Å². The van der Waals surface area contributed by atoms with Crippen molar-refractivity contribution in [3.8, 4) is 5.75 Å². The van der Waals surface area contributed by atoms with E-state index in [4.69, 9.17) is 4.74 Å². The summed E-state index contributed by atoms with van der Waals surface area (Å²) >= 11 is 0. The Morgan fingerprint density at radius 2 is 1.92 bits per heavy atom. The van der Waals surface area contributed by atoms with Crippen LogP contribution < -0.4 is 10.1 Å². The highest BCUT2D eigenvalue weighted by Gasteiger charge is 2.23. The third-order valence-corrected chi connectivity index (χ3v) is 4.07. The molecule has 0 aliphatic carbocycles. The van der Waals surface area contributed by atoms with Crippen molar-refractivity contribution in [2.24, 2.45) is 0 Å². The second kappa shape index (κ2) is 7.93. The van der Waals surface area contributed by atoms with Crippen molar-refractivity contribution in [3.63, 3.8) is 0 Å². The molecule has 2 aromatic rings. The van der Waals surface area contributed by atoms with Crippen molar-refractivity contribution in [2.45, 2.75) is 19.0 Å². The minimum atomic E-state index is -0.323. The zero-order valence-electron chi connectivity index (χ0n) is 13.5. The molecule has 0 bridgehead atoms. The van der Waals surface area contributed by atoms with Crippen LogP contribution in [0, 0.1) is 5.82 Å². The van der Waals surface area contributed by atoms with Gasteiger partial charge in [0.05, 0.1) is 0 Å². The number of rotatable bonds is 6. The third kappa shape index (κ3) is 4.80. The van der Waals surface area contributed by atoms with Gasteiger partial charge < -0.3 is 10.1 Å². The van der Waals surface area contributed by atoms with Gasteiger partial charge in [-0.1, -0.05) is 30.3 Å². The van der Waals surface area contributed by atoms with Crippen molar-refractivity contribution in [2.75, 3.05) is 19.7 Å². The van der Waals surface area contributed by atoms with Crippen LogP contribution in [0.15, 0.2) is 54.6 Å². The van der Waals surface area contributed by atoms with E-state index in [2.05, 4.69) is 22.3 Å². The van der Waals surface area contributed by atoms with E-state index in [0.717, 1.165) is 26.1 Å². The largest absolute Gasteiger partial charge is 0.484 e. The molecule has 0 saturated carbocycles. The molecule has 1 fully saturated rings. The summed E-state index contributed by atoms with van der Waals surface area (Å²) in [5.41, 5.74) is 1.28. The lowest BCUT2D eigenvalue weighted by molar-refractivity contribution is -0.123. The molecule has 2 aromatic carbocycles. The van der Waals surface area contributed by atoms with Gasteiger partial charge in [0.25, 0.3) is 5.91 Å². The van der Waals surface area contributed by atoms with E-state index in [1.54, 1.807) is 0 Å². The Kier molecular flexibility index (Phi) is 5.43. The maximum atomic E-state index is 12.8. The number of carbonyl (C=O) groups excluding carboxylic acids is 1. The number of ether oxygens (including phenoxy) is 1. The van der Waals surface area contributed by atoms with Crippen molar-refractivity contribution >= 4 is 5.91 Å². The van der Waals surface area contributed by atoms with Crippen LogP contribution in [-0.2, 0) is 11.3 Å². The SMILES string of the molecule is O=C(COc1ccc(F)cc1)NC1CCN(Cc2ccccc2)C1. The number of amides is 1. The zero-order chi connectivity index (χ0) is 16.8. The fourth-order valence-electron chi connectivity index (χ4n) is 2.88. The van der Waals surface area contributed by atoms with E-state index >= 15 is 0 Å². The smallest absolute Gasteiger partial charge is 0.258 e. The summed E-state index contributed by atoms with van der Waals surface area (Å²) in [6.07, 6.45) is 0.940. The first-order valence-electron chi connectivity index (χ1n) is 8.13. The van der Waals surface area contributed by atoms with Crippen molar-refractivity contribution in [1.82, 2.24) is 10.2 Å². The van der Waals surface area contributed by atoms with Crippen molar-refractivity contribution in [1.29, 1.82) is 0 Å². The van der Waals surface area contributed by atoms with Gasteiger partial charge in [0, 0.05) is 25.7 Å². The Labute approximate surface area is 141 Å². The summed E-state index contributed by atoms with van der Waals surface area (Å²) in [6, 6.07) is 16.1. The van der Waals surface area contributed by atoms with Crippen LogP contribution in [0.1, 0.15) is 12.0 Å². The van der Waals surface area contributed by atoms with Crippen molar-refractivity contribution in [3.05, 3.63) is 66.0 Å². The first-order valence-corrected chi connectivity index (χ1v) is 8.13. The molecule has 1 heterocycles. The van der Waals surface area contributed by atoms with Crippen LogP contribution in [0.2, 0.25) is 0 Å². The molecule has 0 spiro atoms. The molecule has 5 heteroatoms. The maximum absolute atomic E-state index is 12.8. The maximum Gasteiger partial charge on any atom is 0.258 e. The minimum Gasteiger partial charge on any atom is -0.484 e. The summed E-state index contributed by atoms with van der Waals surface area (Å²) < 4.78 is 18.2. The molecule has 24 heavy (non-hydrogen) atoms. The Balaban J connectivity index is 1.40. The molecule has 3 rings (SSSR count). The number of hydrogen-bond acceptors (Lipinski definition) is 3. The van der Waals surface area contributed by atoms with Crippen LogP contribution in [0.4, 0.5) is 4.39 Å². The number of benzene rings is 2. The molecule has 4 nitrogen and oxygen atoms in total. The van der Waals surface area contributed by atoms with Gasteiger partial charge in [-0.25, -0.2) is 4.39 Å². The van der Waals surface area contributed by atoms with Gasteiger partial charge in [-0.15, -0.1) is 0 Å². The molecule has 126 valence electrons. The van der Waals surface area contributed by atoms with Gasteiger partial charge in [0.1, 0.15) is 11.6 Å². The zero-order valence-corrected chi connectivity index (χ0v) is 13.5. The summed E-state index contributed by atoms with van der Waals surface area (Å²) in [6.45, 7) is 2.66. The minimum absolute atomic E-state index is 0.0547. The van der Waals surface area contributed by atoms with E-state index < -0.39 is 0 Å². The molecule has 0 aromatic heterocycles. The Morgan fingerprint density at radius 1 is 1.17 bits per heavy atom. The molecule has 1 unspecified atom stereocenters. The van der Waals surface area contributed by atoms with Gasteiger partial charge in [0.15, 0.2) is 6.61 Å². The fourth-order valence-corrected chi connectivity index (χ4v) is 2.88. The highest BCUT2D eigenvalue weighted by atomic mass is 19.1. The van der Waals surface area contributed by atoms with Crippen LogP contribution in [-0.4, -0.2) is 36.5 Å². The highest BCUT2D eigenvalue weighted by Crippen LogP contribution is 2.14. The Bertz CT molecular complexity index is 661. The number of nitrogens with zero attached hydrogens (tertiary/aromatic N) is 1. The highest BCUT2D eigenvalue weighted by molar-refractivity contribution is 5.77. The summed E-state index contributed by atoms with van der Waals surface area (Å²) in [4.78, 5) is 14.3. The van der Waals surface area contributed by atoms with Gasteiger partial charge in [0.2, 0.25) is 0 Å². The predicted octanol–water partition coefficient (Wildman–Crippen LogP) is 2.60. The van der Waals surface area contributed by atoms with E-state index in [9.17, 15) is 9.18 Å². The topological polar surface area (TPSA) is 41.6 Å². The van der Waals surface area contributed by atoms with E-state index in [-0.39, 0.29) is 24.4 Å². The molecule has 1 N–H and O–H groups in total. The second-order valence-electron chi connectivity index (χ2n) is 6.02. The summed E-state index contributed by atoms with van der Waals surface area (Å²) in [7, 11) is 0. The third-order valence-electron chi connectivity index (χ3n) is 4.07. The second-order valence-corrected chi connectivity index (χ2v) is 6.02. The van der Waals surface area contributed by atoms with E-state index in [0.29, 0.717) is 5.75 Å². The van der Waals surface area contributed by atoms with Crippen molar-refractivity contribution < 1.29 is 13.9 Å². The number of hydrogen-bond donors (Lipinski definition) is 1. The standard InChI is InChI=1S/C19H21FN2O2/c20-16-6-8-18(9-7-16)24-14-19(23)21-17-10-11-22(13-17)12-15-4-2-1-3-5-15/h1-9,17H,10-14H2,(H,21,23). The van der Waals surface area contributed by atoms with Crippen LogP contribution in [0.25, 0.3) is 0 Å². The molecular weight excluding hydrogens is 307 g/mol. The van der Waals surface area contributed by atoms with Gasteiger partial charge in [-0.3, -0.25) is 9.69 Å². The first-order chi connectivity index (χ1) is 11.7. The average Bonchev–Trinajstić information content (AvgIpc) is 3.02. The number of nitrogens with one attached hydrogen (secondary N) is 1. The van der Waals surface area contributed by atoms with Gasteiger partial charge >= 0.3 is 0 Å². The molecule has 1 aliphatic rings. The molecule has 1 saturated heterocycles. The van der Waals surface area contributed by atoms with E-state index in [1.165, 1.54) is 29.8 Å². The van der Waals surface area contributed by atoms with Crippen LogP contribution in [0.3, 0.4) is 0 Å². The lowest BCUT2D eigenvalue weighted by Crippen LogP contribution is -2.39. The Hall–Kier alpha value is -2.40. The molecule has 1 aliphatic heterocycles. The average molecular weight is 328 g/mol. The predicted molar refractivity (Wildman–Crippen MR) is 90.2 cm³/mol. The van der Waals surface area contributed by atoms with Crippen LogP contribution in [0.5, 0.6) is 5.75 Å². The first kappa shape index (κ1) is 16.5. The summed E-state index contributed by atoms with van der Waals surface area (Å²) in [5, 5.41) is 3.00. The molecular formula is C19H21FN2O2. The quantitative estimate of drug-likeness (QED) is 0.886. The van der Waals surface area contributed by atoms with E-state index in [1.807, 2.05) is 18.2 Å². The Morgan fingerprint density at radius 3 is 2.67 bits per heavy atom. The van der Waals surface area contributed by atoms with Crippen LogP contribution >= 0.6 is 0 Å². The molecule has 0 radical (unpaired) electrons. The number of halogens is 1. The summed E-state index contributed by atoms with van der Waals surface area (Å²) in [5.74, 6) is 0.0193. The number of likely N-dealkylation sites (tertiary alicyclic amines) is 1. The molecule has 1 amide bonds. The lowest BCUT2D eigenvalue weighted by Gasteiger charge is -2.17. The lowest BCUT2D eigenvalue weighted by atomic mass is 10.2.